The first kappa shape index (κ1) is 41.8. The maximum atomic E-state index is 13.5. The summed E-state index contributed by atoms with van der Waals surface area (Å²) in [7, 11) is -0.644. The number of carbonyl (C=O) groups excluding carboxylic acids is 2. The molecule has 0 radical (unpaired) electrons. The van der Waals surface area contributed by atoms with Gasteiger partial charge in [0, 0.05) is 53.8 Å². The number of fused-ring (bicyclic) bond motifs is 1. The molecule has 58 heavy (non-hydrogen) atoms. The van der Waals surface area contributed by atoms with E-state index in [1.54, 1.807) is 49.7 Å². The highest BCUT2D eigenvalue weighted by molar-refractivity contribution is 7.92. The number of methoxy groups -OCH3 is 2. The Kier molecular flexibility index (Phi) is 13.1. The maximum absolute atomic E-state index is 13.5. The highest BCUT2D eigenvalue weighted by atomic mass is 32.2. The second-order valence-electron chi connectivity index (χ2n) is 15.5. The molecule has 306 valence electrons. The number of ether oxygens (including phenoxy) is 3. The van der Waals surface area contributed by atoms with Gasteiger partial charge in [-0.1, -0.05) is 51.5 Å². The highest BCUT2D eigenvalue weighted by Gasteiger charge is 2.23. The molecule has 1 fully saturated rings. The van der Waals surface area contributed by atoms with E-state index in [0.29, 0.717) is 47.2 Å². The molecular weight excluding hydrogens is 757 g/mol. The number of aromatic nitrogens is 1. The Hall–Kier alpha value is -5.86. The first-order valence-corrected chi connectivity index (χ1v) is 21.2. The fourth-order valence-corrected chi connectivity index (χ4v) is 7.52. The third kappa shape index (κ3) is 11.0. The minimum atomic E-state index is -3.64. The van der Waals surface area contributed by atoms with Crippen LogP contribution < -0.4 is 34.9 Å². The molecule has 13 nitrogen and oxygen atoms in total. The normalized spacial score (nSPS) is 13.4. The number of carbonyl (C=O) groups is 2. The smallest absolute Gasteiger partial charge is 0.323 e. The van der Waals surface area contributed by atoms with E-state index >= 15 is 0 Å². The molecule has 4 aromatic carbocycles. The summed E-state index contributed by atoms with van der Waals surface area (Å²) in [6.07, 6.45) is 6.86. The predicted molar refractivity (Wildman–Crippen MR) is 229 cm³/mol. The van der Waals surface area contributed by atoms with Crippen LogP contribution in [0.5, 0.6) is 23.0 Å². The SMILES string of the molecule is COc1cc(Cc2cc(Oc3ccc(NC(=O)Nc4cc(C(C)(C)C)cc(NS(C)(=O)=O)c4OC)c4ccccc34)ccn2)cc(C(=O)NCCN2CCCCC2)c1. The third-order valence-electron chi connectivity index (χ3n) is 9.86. The van der Waals surface area contributed by atoms with Crippen LogP contribution in [0, 0.1) is 0 Å². The van der Waals surface area contributed by atoms with Crippen LogP contribution in [0.3, 0.4) is 0 Å². The van der Waals surface area contributed by atoms with E-state index in [4.69, 9.17) is 14.2 Å². The summed E-state index contributed by atoms with van der Waals surface area (Å²) < 4.78 is 44.4. The monoisotopic (exact) mass is 808 g/mol. The van der Waals surface area contributed by atoms with Gasteiger partial charge in [0.2, 0.25) is 10.0 Å². The summed E-state index contributed by atoms with van der Waals surface area (Å²) in [6, 6.07) is 23.2. The number of hydrogen-bond acceptors (Lipinski definition) is 9. The molecule has 14 heteroatoms. The number of piperidine rings is 1. The average molecular weight is 809 g/mol. The molecule has 0 atom stereocenters. The first-order chi connectivity index (χ1) is 27.7. The van der Waals surface area contributed by atoms with Gasteiger partial charge in [0.05, 0.1) is 37.5 Å². The average Bonchev–Trinajstić information content (AvgIpc) is 3.18. The van der Waals surface area contributed by atoms with Gasteiger partial charge in [-0.05, 0) is 91.0 Å². The number of pyridine rings is 1. The molecule has 0 aliphatic carbocycles. The molecule has 1 aromatic heterocycles. The molecule has 0 bridgehead atoms. The molecule has 1 aliphatic heterocycles. The Balaban J connectivity index is 1.17. The Morgan fingerprint density at radius 1 is 0.810 bits per heavy atom. The van der Waals surface area contributed by atoms with Crippen molar-refractivity contribution in [3.8, 4) is 23.0 Å². The summed E-state index contributed by atoms with van der Waals surface area (Å²) in [5.41, 5.74) is 3.60. The first-order valence-electron chi connectivity index (χ1n) is 19.3. The zero-order valence-corrected chi connectivity index (χ0v) is 34.7. The lowest BCUT2D eigenvalue weighted by Crippen LogP contribution is -2.37. The molecule has 5 aromatic rings. The van der Waals surface area contributed by atoms with Crippen LogP contribution in [0.1, 0.15) is 67.2 Å². The molecule has 1 saturated heterocycles. The van der Waals surface area contributed by atoms with E-state index in [1.807, 2.05) is 63.2 Å². The molecule has 0 unspecified atom stereocenters. The fourth-order valence-electron chi connectivity index (χ4n) is 6.97. The lowest BCUT2D eigenvalue weighted by atomic mass is 9.86. The van der Waals surface area contributed by atoms with Crippen LogP contribution in [0.15, 0.2) is 85.1 Å². The van der Waals surface area contributed by atoms with Crippen molar-refractivity contribution in [1.82, 2.24) is 15.2 Å². The second-order valence-corrected chi connectivity index (χ2v) is 17.2. The van der Waals surface area contributed by atoms with Gasteiger partial charge in [-0.25, -0.2) is 13.2 Å². The lowest BCUT2D eigenvalue weighted by molar-refractivity contribution is 0.0946. The van der Waals surface area contributed by atoms with Gasteiger partial charge in [-0.15, -0.1) is 0 Å². The Bertz CT molecular complexity index is 2390. The number of rotatable bonds is 14. The van der Waals surface area contributed by atoms with E-state index in [9.17, 15) is 18.0 Å². The minimum absolute atomic E-state index is 0.144. The van der Waals surface area contributed by atoms with Crippen molar-refractivity contribution in [2.45, 2.75) is 51.9 Å². The van der Waals surface area contributed by atoms with Crippen LogP contribution in [-0.4, -0.2) is 76.9 Å². The van der Waals surface area contributed by atoms with Crippen LogP contribution in [0.25, 0.3) is 10.8 Å². The molecule has 2 heterocycles. The van der Waals surface area contributed by atoms with Crippen molar-refractivity contribution < 1.29 is 32.2 Å². The molecule has 6 rings (SSSR count). The maximum Gasteiger partial charge on any atom is 0.323 e. The fraction of sp³-hybridized carbons (Fsp3) is 0.341. The topological polar surface area (TPSA) is 160 Å². The Morgan fingerprint density at radius 2 is 1.53 bits per heavy atom. The van der Waals surface area contributed by atoms with Crippen molar-refractivity contribution in [1.29, 1.82) is 0 Å². The van der Waals surface area contributed by atoms with Gasteiger partial charge >= 0.3 is 6.03 Å². The van der Waals surface area contributed by atoms with Gasteiger partial charge in [-0.2, -0.15) is 0 Å². The summed E-state index contributed by atoms with van der Waals surface area (Å²) in [5, 5.41) is 10.3. The Morgan fingerprint density at radius 3 is 2.24 bits per heavy atom. The van der Waals surface area contributed by atoms with Gasteiger partial charge in [-0.3, -0.25) is 14.5 Å². The molecule has 1 aliphatic rings. The van der Waals surface area contributed by atoms with Crippen LogP contribution >= 0.6 is 0 Å². The number of urea groups is 1. The summed E-state index contributed by atoms with van der Waals surface area (Å²) in [5.74, 6) is 1.76. The number of amides is 3. The second kappa shape index (κ2) is 18.2. The molecular formula is C44H52N6O7S. The van der Waals surface area contributed by atoms with E-state index in [1.165, 1.54) is 26.4 Å². The van der Waals surface area contributed by atoms with Gasteiger partial charge in [0.1, 0.15) is 17.2 Å². The third-order valence-corrected chi connectivity index (χ3v) is 10.5. The number of benzene rings is 4. The zero-order chi connectivity index (χ0) is 41.5. The van der Waals surface area contributed by atoms with Crippen molar-refractivity contribution >= 4 is 49.8 Å². The molecule has 3 amide bonds. The number of sulfonamides is 1. The summed E-state index contributed by atoms with van der Waals surface area (Å²) in [4.78, 5) is 33.6. The van der Waals surface area contributed by atoms with Crippen molar-refractivity contribution in [2.75, 3.05) is 62.0 Å². The summed E-state index contributed by atoms with van der Waals surface area (Å²) >= 11 is 0. The van der Waals surface area contributed by atoms with E-state index in [0.717, 1.165) is 53.5 Å². The molecule has 0 spiro atoms. The Labute approximate surface area is 340 Å². The van der Waals surface area contributed by atoms with Gasteiger partial charge in [0.15, 0.2) is 5.75 Å². The van der Waals surface area contributed by atoms with E-state index in [2.05, 4.69) is 30.6 Å². The number of nitrogens with zero attached hydrogens (tertiary/aromatic N) is 2. The zero-order valence-electron chi connectivity index (χ0n) is 33.9. The number of likely N-dealkylation sites (tertiary alicyclic amines) is 1. The van der Waals surface area contributed by atoms with Gasteiger partial charge < -0.3 is 35.1 Å². The lowest BCUT2D eigenvalue weighted by Gasteiger charge is -2.26. The van der Waals surface area contributed by atoms with E-state index in [-0.39, 0.29) is 22.8 Å². The van der Waals surface area contributed by atoms with Crippen molar-refractivity contribution in [3.05, 3.63) is 107 Å². The van der Waals surface area contributed by atoms with E-state index < -0.39 is 16.1 Å². The van der Waals surface area contributed by atoms with Crippen LogP contribution in [0.4, 0.5) is 21.9 Å². The number of nitrogens with one attached hydrogen (secondary N) is 4. The number of hydrogen-bond donors (Lipinski definition) is 4. The van der Waals surface area contributed by atoms with Crippen molar-refractivity contribution in [2.24, 2.45) is 0 Å². The van der Waals surface area contributed by atoms with Crippen LogP contribution in [0.2, 0.25) is 0 Å². The summed E-state index contributed by atoms with van der Waals surface area (Å²) in [6.45, 7) is 9.54. The van der Waals surface area contributed by atoms with Gasteiger partial charge in [0.25, 0.3) is 5.91 Å². The molecule has 0 saturated carbocycles. The highest BCUT2D eigenvalue weighted by Crippen LogP contribution is 2.40. The number of anilines is 3. The predicted octanol–water partition coefficient (Wildman–Crippen LogP) is 8.16. The molecule has 4 N–H and O–H groups in total. The quantitative estimate of drug-likeness (QED) is 0.0868. The minimum Gasteiger partial charge on any atom is -0.497 e. The van der Waals surface area contributed by atoms with Crippen LogP contribution in [-0.2, 0) is 21.9 Å². The van der Waals surface area contributed by atoms with Crippen molar-refractivity contribution in [3.63, 3.8) is 0 Å². The standard InChI is InChI=1S/C44H52N6O7S/c1-44(2,3)31-26-38(41(56-5)39(27-31)49-58(6,53)54)48-43(52)47-37-14-15-40(36-13-9-8-12-35(36)37)57-33-16-17-45-32(28-33)23-29-22-30(25-34(24-29)55-4)42(51)46-18-21-50-19-10-7-11-20-50/h8-9,12-17,22,24-28,49H,7,10-11,18-21,23H2,1-6H3,(H,46,51)(H2,47,48,52). The largest absolute Gasteiger partial charge is 0.497 e.